The molecule has 0 unspecified atom stereocenters. The molecule has 4 nitrogen and oxygen atoms in total. The van der Waals surface area contributed by atoms with Gasteiger partial charge in [0.15, 0.2) is 0 Å². The third kappa shape index (κ3) is 3.62. The highest BCUT2D eigenvalue weighted by Crippen LogP contribution is 2.39. The molecule has 1 aromatic heterocycles. The van der Waals surface area contributed by atoms with Crippen LogP contribution in [0.3, 0.4) is 0 Å². The summed E-state index contributed by atoms with van der Waals surface area (Å²) in [5, 5.41) is 0.287. The van der Waals surface area contributed by atoms with Gasteiger partial charge in [0, 0.05) is 17.5 Å². The first-order valence-corrected chi connectivity index (χ1v) is 9.22. The van der Waals surface area contributed by atoms with E-state index in [2.05, 4.69) is 9.71 Å². The normalized spacial score (nSPS) is 18.6. The van der Waals surface area contributed by atoms with Gasteiger partial charge in [0.25, 0.3) is 0 Å². The Morgan fingerprint density at radius 2 is 2.11 bits per heavy atom. The first-order valence-electron chi connectivity index (χ1n) is 6.14. The Morgan fingerprint density at radius 3 is 2.63 bits per heavy atom. The molecule has 19 heavy (non-hydrogen) atoms. The first kappa shape index (κ1) is 15.1. The van der Waals surface area contributed by atoms with Crippen molar-refractivity contribution in [2.45, 2.75) is 35.3 Å². The number of pyridine rings is 1. The molecule has 0 aromatic carbocycles. The fourth-order valence-electron chi connectivity index (χ4n) is 2.30. The van der Waals surface area contributed by atoms with E-state index in [9.17, 15) is 8.42 Å². The number of aromatic nitrogens is 1. The van der Waals surface area contributed by atoms with Crippen LogP contribution in [0.15, 0.2) is 23.2 Å². The quantitative estimate of drug-likeness (QED) is 0.847. The fourth-order valence-corrected chi connectivity index (χ4v) is 4.49. The second-order valence-electron chi connectivity index (χ2n) is 4.74. The summed E-state index contributed by atoms with van der Waals surface area (Å²) in [6.45, 7) is 0.471. The minimum atomic E-state index is -3.50. The predicted molar refractivity (Wildman–Crippen MR) is 79.1 cm³/mol. The molecule has 0 spiro atoms. The summed E-state index contributed by atoms with van der Waals surface area (Å²) in [6, 6.07) is 2.95. The van der Waals surface area contributed by atoms with Crippen LogP contribution < -0.4 is 4.72 Å². The summed E-state index contributed by atoms with van der Waals surface area (Å²) < 4.78 is 27.1. The molecule has 0 saturated heterocycles. The highest BCUT2D eigenvalue weighted by molar-refractivity contribution is 8.00. The van der Waals surface area contributed by atoms with Crippen LogP contribution in [-0.2, 0) is 10.0 Å². The van der Waals surface area contributed by atoms with Crippen molar-refractivity contribution in [1.29, 1.82) is 0 Å². The molecular formula is C12H17ClN2O2S2. The lowest BCUT2D eigenvalue weighted by Crippen LogP contribution is -2.38. The van der Waals surface area contributed by atoms with Gasteiger partial charge in [-0.15, -0.1) is 0 Å². The minimum Gasteiger partial charge on any atom is -0.243 e. The van der Waals surface area contributed by atoms with E-state index in [1.807, 2.05) is 6.26 Å². The van der Waals surface area contributed by atoms with Crippen LogP contribution in [0.4, 0.5) is 0 Å². The highest BCUT2D eigenvalue weighted by atomic mass is 35.5. The van der Waals surface area contributed by atoms with E-state index in [0.717, 1.165) is 12.8 Å². The van der Waals surface area contributed by atoms with Gasteiger partial charge in [-0.05, 0) is 31.2 Å². The fraction of sp³-hybridized carbons (Fsp3) is 0.583. The van der Waals surface area contributed by atoms with E-state index in [-0.39, 0.29) is 14.8 Å². The van der Waals surface area contributed by atoms with Gasteiger partial charge in [0.05, 0.1) is 0 Å². The summed E-state index contributed by atoms with van der Waals surface area (Å²) >= 11 is 7.41. The number of nitrogens with zero attached hydrogens (tertiary/aromatic N) is 1. The highest BCUT2D eigenvalue weighted by Gasteiger charge is 2.34. The number of nitrogens with one attached hydrogen (secondary N) is 1. The third-order valence-electron chi connectivity index (χ3n) is 3.54. The number of hydrogen-bond acceptors (Lipinski definition) is 4. The molecule has 2 rings (SSSR count). The van der Waals surface area contributed by atoms with Crippen molar-refractivity contribution in [3.63, 3.8) is 0 Å². The second kappa shape index (κ2) is 5.99. The molecule has 0 amide bonds. The topological polar surface area (TPSA) is 59.1 Å². The van der Waals surface area contributed by atoms with Crippen LogP contribution in [0.1, 0.15) is 25.7 Å². The van der Waals surface area contributed by atoms with E-state index in [0.29, 0.717) is 6.54 Å². The van der Waals surface area contributed by atoms with Crippen LogP contribution in [0.25, 0.3) is 0 Å². The lowest BCUT2D eigenvalue weighted by molar-refractivity contribution is 0.551. The molecule has 0 aliphatic heterocycles. The van der Waals surface area contributed by atoms with Gasteiger partial charge >= 0.3 is 0 Å². The summed E-state index contributed by atoms with van der Waals surface area (Å²) in [7, 11) is -3.50. The zero-order valence-corrected chi connectivity index (χ0v) is 13.1. The molecule has 1 aliphatic rings. The maximum Gasteiger partial charge on any atom is 0.242 e. The van der Waals surface area contributed by atoms with E-state index in [1.54, 1.807) is 11.8 Å². The number of thioether (sulfide) groups is 1. The zero-order chi connectivity index (χ0) is 13.9. The van der Waals surface area contributed by atoms with Crippen LogP contribution in [0, 0.1) is 0 Å². The number of sulfonamides is 1. The Bertz CT molecular complexity index is 525. The summed E-state index contributed by atoms with van der Waals surface area (Å²) in [5.41, 5.74) is 0. The van der Waals surface area contributed by atoms with E-state index in [1.165, 1.54) is 31.2 Å². The van der Waals surface area contributed by atoms with Crippen LogP contribution >= 0.6 is 23.4 Å². The summed E-state index contributed by atoms with van der Waals surface area (Å²) in [6.07, 6.45) is 7.80. The molecule has 1 aromatic rings. The van der Waals surface area contributed by atoms with Gasteiger partial charge in [-0.2, -0.15) is 11.8 Å². The van der Waals surface area contributed by atoms with Crippen LogP contribution in [-0.4, -0.2) is 30.9 Å². The molecule has 106 valence electrons. The van der Waals surface area contributed by atoms with Crippen molar-refractivity contribution < 1.29 is 8.42 Å². The van der Waals surface area contributed by atoms with Crippen molar-refractivity contribution >= 4 is 33.4 Å². The van der Waals surface area contributed by atoms with E-state index >= 15 is 0 Å². The minimum absolute atomic E-state index is 0.0485. The van der Waals surface area contributed by atoms with E-state index < -0.39 is 10.0 Å². The molecule has 1 N–H and O–H groups in total. The molecule has 1 heterocycles. The molecule has 0 atom stereocenters. The Labute approximate surface area is 123 Å². The molecule has 0 radical (unpaired) electrons. The average molecular weight is 321 g/mol. The monoisotopic (exact) mass is 320 g/mol. The Kier molecular flexibility index (Phi) is 4.76. The van der Waals surface area contributed by atoms with Crippen LogP contribution in [0.2, 0.25) is 5.15 Å². The largest absolute Gasteiger partial charge is 0.243 e. The summed E-state index contributed by atoms with van der Waals surface area (Å²) in [4.78, 5) is 3.96. The van der Waals surface area contributed by atoms with Gasteiger partial charge in [-0.1, -0.05) is 24.4 Å². The molecule has 1 fully saturated rings. The Morgan fingerprint density at radius 1 is 1.42 bits per heavy atom. The van der Waals surface area contributed by atoms with Gasteiger partial charge in [0.1, 0.15) is 10.0 Å². The SMILES string of the molecule is CSC1(CNS(=O)(=O)c2ccc(Cl)nc2)CCCC1. The maximum absolute atomic E-state index is 12.2. The average Bonchev–Trinajstić information content (AvgIpc) is 2.87. The Balaban J connectivity index is 2.07. The first-order chi connectivity index (χ1) is 8.97. The smallest absolute Gasteiger partial charge is 0.242 e. The molecule has 7 heteroatoms. The summed E-state index contributed by atoms with van der Waals surface area (Å²) in [5.74, 6) is 0. The van der Waals surface area contributed by atoms with Crippen molar-refractivity contribution in [3.05, 3.63) is 23.5 Å². The van der Waals surface area contributed by atoms with Gasteiger partial charge in [-0.3, -0.25) is 0 Å². The lowest BCUT2D eigenvalue weighted by atomic mass is 10.1. The van der Waals surface area contributed by atoms with Crippen molar-refractivity contribution in [3.8, 4) is 0 Å². The van der Waals surface area contributed by atoms with Crippen LogP contribution in [0.5, 0.6) is 0 Å². The van der Waals surface area contributed by atoms with Crippen molar-refractivity contribution in [1.82, 2.24) is 9.71 Å². The third-order valence-corrected chi connectivity index (χ3v) is 6.57. The predicted octanol–water partition coefficient (Wildman–Crippen LogP) is 2.69. The number of halogens is 1. The Hall–Kier alpha value is -0.300. The number of hydrogen-bond donors (Lipinski definition) is 1. The molecular weight excluding hydrogens is 304 g/mol. The molecule has 0 bridgehead atoms. The van der Waals surface area contributed by atoms with Crippen molar-refractivity contribution in [2.24, 2.45) is 0 Å². The van der Waals surface area contributed by atoms with Gasteiger partial charge in [0.2, 0.25) is 10.0 Å². The molecule has 1 aliphatic carbocycles. The van der Waals surface area contributed by atoms with Crippen molar-refractivity contribution in [2.75, 3.05) is 12.8 Å². The zero-order valence-electron chi connectivity index (χ0n) is 10.7. The van der Waals surface area contributed by atoms with E-state index in [4.69, 9.17) is 11.6 Å². The maximum atomic E-state index is 12.2. The van der Waals surface area contributed by atoms with Gasteiger partial charge < -0.3 is 0 Å². The van der Waals surface area contributed by atoms with Gasteiger partial charge in [-0.25, -0.2) is 18.1 Å². The number of rotatable bonds is 5. The lowest BCUT2D eigenvalue weighted by Gasteiger charge is -2.26. The standard InChI is InChI=1S/C12H17ClN2O2S2/c1-18-12(6-2-3-7-12)9-15-19(16,17)10-4-5-11(13)14-8-10/h4-5,8,15H,2-3,6-7,9H2,1H3. The molecule has 1 saturated carbocycles. The second-order valence-corrected chi connectivity index (χ2v) is 8.16.